The number of hydrogen-bond acceptors (Lipinski definition) is 4. The molecule has 0 spiro atoms. The van der Waals surface area contributed by atoms with Crippen LogP contribution in [-0.2, 0) is 4.79 Å². The number of nitrogens with zero attached hydrogens (tertiary/aromatic N) is 1. The monoisotopic (exact) mass is 239 g/mol. The topological polar surface area (TPSA) is 112 Å². The summed E-state index contributed by atoms with van der Waals surface area (Å²) in [5, 5.41) is 21.9. The summed E-state index contributed by atoms with van der Waals surface area (Å²) < 4.78 is 0. The molecule has 7 nitrogen and oxygen atoms in total. The van der Waals surface area contributed by atoms with Crippen molar-refractivity contribution in [3.05, 3.63) is 24.0 Å². The summed E-state index contributed by atoms with van der Waals surface area (Å²) >= 11 is 0. The maximum absolute atomic E-state index is 11.4. The van der Waals surface area contributed by atoms with E-state index in [0.717, 1.165) is 0 Å². The lowest BCUT2D eigenvalue weighted by molar-refractivity contribution is -0.140. The van der Waals surface area contributed by atoms with Crippen molar-refractivity contribution in [2.24, 2.45) is 0 Å². The Hall–Kier alpha value is -2.15. The van der Waals surface area contributed by atoms with Crippen LogP contribution in [0.15, 0.2) is 18.3 Å². The van der Waals surface area contributed by atoms with Gasteiger partial charge in [0.05, 0.1) is 18.0 Å². The number of aliphatic hydroxyl groups excluding tert-OH is 1. The molecule has 0 saturated carbocycles. The molecule has 0 aromatic carbocycles. The number of carbonyl (C=O) groups excluding carboxylic acids is 1. The minimum absolute atomic E-state index is 0.479. The van der Waals surface area contributed by atoms with Crippen molar-refractivity contribution in [3.8, 4) is 0 Å². The van der Waals surface area contributed by atoms with Crippen LogP contribution >= 0.6 is 0 Å². The van der Waals surface area contributed by atoms with Crippen LogP contribution in [0.25, 0.3) is 0 Å². The van der Waals surface area contributed by atoms with Gasteiger partial charge in [0.2, 0.25) is 0 Å². The fourth-order valence-electron chi connectivity index (χ4n) is 1.12. The zero-order valence-corrected chi connectivity index (χ0v) is 9.17. The van der Waals surface area contributed by atoms with Gasteiger partial charge in [0.25, 0.3) is 0 Å². The number of hydrogen-bond donors (Lipinski definition) is 4. The summed E-state index contributed by atoms with van der Waals surface area (Å²) in [5.41, 5.74) is 1.09. The predicted octanol–water partition coefficient (Wildman–Crippen LogP) is -0.0430. The van der Waals surface area contributed by atoms with E-state index in [1.807, 2.05) is 0 Å². The van der Waals surface area contributed by atoms with Crippen molar-refractivity contribution in [3.63, 3.8) is 0 Å². The smallest absolute Gasteiger partial charge is 0.328 e. The second kappa shape index (κ2) is 5.80. The van der Waals surface area contributed by atoms with Gasteiger partial charge in [0.15, 0.2) is 6.04 Å². The number of aliphatic carboxylic acids is 1. The van der Waals surface area contributed by atoms with Crippen molar-refractivity contribution in [2.45, 2.75) is 13.0 Å². The highest BCUT2D eigenvalue weighted by molar-refractivity contribution is 5.92. The van der Waals surface area contributed by atoms with Crippen molar-refractivity contribution >= 4 is 17.7 Å². The Morgan fingerprint density at radius 1 is 1.53 bits per heavy atom. The van der Waals surface area contributed by atoms with Gasteiger partial charge in [-0.05, 0) is 19.1 Å². The minimum Gasteiger partial charge on any atom is -0.480 e. The third-order valence-corrected chi connectivity index (χ3v) is 2.04. The van der Waals surface area contributed by atoms with Gasteiger partial charge >= 0.3 is 12.0 Å². The highest BCUT2D eigenvalue weighted by Gasteiger charge is 2.18. The number of aryl methyl sites for hydroxylation is 1. The van der Waals surface area contributed by atoms with Gasteiger partial charge in [-0.2, -0.15) is 0 Å². The number of pyridine rings is 1. The average Bonchev–Trinajstić information content (AvgIpc) is 2.28. The summed E-state index contributed by atoms with van der Waals surface area (Å²) in [7, 11) is 0. The lowest BCUT2D eigenvalue weighted by atomic mass is 10.3. The molecule has 0 bridgehead atoms. The van der Waals surface area contributed by atoms with E-state index in [9.17, 15) is 9.59 Å². The minimum atomic E-state index is -1.33. The van der Waals surface area contributed by atoms with Gasteiger partial charge in [0, 0.05) is 6.20 Å². The number of nitrogens with one attached hydrogen (secondary N) is 2. The molecule has 1 aromatic rings. The first kappa shape index (κ1) is 12.9. The zero-order chi connectivity index (χ0) is 12.8. The number of rotatable bonds is 4. The van der Waals surface area contributed by atoms with Crippen LogP contribution in [0.3, 0.4) is 0 Å². The van der Waals surface area contributed by atoms with Crippen LogP contribution in [0.4, 0.5) is 10.5 Å². The molecule has 7 heteroatoms. The molecule has 92 valence electrons. The summed E-state index contributed by atoms with van der Waals surface area (Å²) in [6, 6.07) is 1.24. The van der Waals surface area contributed by atoms with Crippen LogP contribution in [0, 0.1) is 6.92 Å². The zero-order valence-electron chi connectivity index (χ0n) is 9.17. The van der Waals surface area contributed by atoms with E-state index < -0.39 is 24.6 Å². The molecule has 0 saturated heterocycles. The number of aliphatic hydroxyl groups is 1. The molecule has 0 radical (unpaired) electrons. The number of carboxylic acid groups (broad SMARTS) is 1. The van der Waals surface area contributed by atoms with Crippen LogP contribution in [-0.4, -0.2) is 39.8 Å². The van der Waals surface area contributed by atoms with Crippen molar-refractivity contribution in [1.82, 2.24) is 10.3 Å². The Labute approximate surface area is 97.5 Å². The van der Waals surface area contributed by atoms with Crippen LogP contribution in [0.1, 0.15) is 5.69 Å². The number of anilines is 1. The largest absolute Gasteiger partial charge is 0.480 e. The van der Waals surface area contributed by atoms with Crippen molar-refractivity contribution < 1.29 is 19.8 Å². The third kappa shape index (κ3) is 3.72. The van der Waals surface area contributed by atoms with E-state index in [4.69, 9.17) is 10.2 Å². The Morgan fingerprint density at radius 2 is 2.24 bits per heavy atom. The van der Waals surface area contributed by atoms with E-state index >= 15 is 0 Å². The normalized spacial score (nSPS) is 11.6. The first-order chi connectivity index (χ1) is 8.04. The number of urea groups is 1. The van der Waals surface area contributed by atoms with E-state index in [0.29, 0.717) is 11.4 Å². The second-order valence-electron chi connectivity index (χ2n) is 3.31. The number of carbonyl (C=O) groups is 2. The van der Waals surface area contributed by atoms with Gasteiger partial charge < -0.3 is 20.8 Å². The van der Waals surface area contributed by atoms with E-state index in [1.165, 1.54) is 0 Å². The van der Waals surface area contributed by atoms with Crippen molar-refractivity contribution in [2.75, 3.05) is 11.9 Å². The lowest BCUT2D eigenvalue weighted by Crippen LogP contribution is -2.45. The molecule has 0 fully saturated rings. The molecule has 2 amide bonds. The van der Waals surface area contributed by atoms with Gasteiger partial charge in [-0.25, -0.2) is 9.59 Å². The molecule has 1 aromatic heterocycles. The number of aromatic nitrogens is 1. The van der Waals surface area contributed by atoms with Gasteiger partial charge in [-0.1, -0.05) is 0 Å². The molecule has 1 heterocycles. The molecule has 4 N–H and O–H groups in total. The molecule has 0 unspecified atom stereocenters. The molecular formula is C10H13N3O4. The fourth-order valence-corrected chi connectivity index (χ4v) is 1.12. The summed E-state index contributed by atoms with van der Waals surface area (Å²) in [4.78, 5) is 25.9. The quantitative estimate of drug-likeness (QED) is 0.589. The molecule has 17 heavy (non-hydrogen) atoms. The van der Waals surface area contributed by atoms with E-state index in [1.54, 1.807) is 25.3 Å². The highest BCUT2D eigenvalue weighted by Crippen LogP contribution is 2.09. The maximum atomic E-state index is 11.4. The Bertz CT molecular complexity index is 422. The van der Waals surface area contributed by atoms with Gasteiger partial charge in [-0.15, -0.1) is 0 Å². The predicted molar refractivity (Wildman–Crippen MR) is 59.6 cm³/mol. The summed E-state index contributed by atoms with van der Waals surface area (Å²) in [6.45, 7) is 1.03. The molecule has 0 aliphatic rings. The fraction of sp³-hybridized carbons (Fsp3) is 0.300. The number of amides is 2. The van der Waals surface area contributed by atoms with Gasteiger partial charge in [-0.3, -0.25) is 4.98 Å². The van der Waals surface area contributed by atoms with Crippen molar-refractivity contribution in [1.29, 1.82) is 0 Å². The summed E-state index contributed by atoms with van der Waals surface area (Å²) in [6.07, 6.45) is 1.58. The number of carboxylic acids is 1. The molecule has 1 rings (SSSR count). The third-order valence-electron chi connectivity index (χ3n) is 2.04. The van der Waals surface area contributed by atoms with Gasteiger partial charge in [0.1, 0.15) is 0 Å². The average molecular weight is 239 g/mol. The molecule has 0 aliphatic carbocycles. The summed E-state index contributed by atoms with van der Waals surface area (Å²) in [5.74, 6) is -1.30. The highest BCUT2D eigenvalue weighted by atomic mass is 16.4. The Morgan fingerprint density at radius 3 is 2.76 bits per heavy atom. The van der Waals surface area contributed by atoms with E-state index in [-0.39, 0.29) is 0 Å². The van der Waals surface area contributed by atoms with E-state index in [2.05, 4.69) is 15.6 Å². The second-order valence-corrected chi connectivity index (χ2v) is 3.31. The maximum Gasteiger partial charge on any atom is 0.328 e. The lowest BCUT2D eigenvalue weighted by Gasteiger charge is -2.13. The standard InChI is InChI=1S/C10H13N3O4/c1-6-7(3-2-4-11-6)12-10(17)13-8(5-14)9(15)16/h2-4,8,14H,5H2,1H3,(H,15,16)(H2,12,13,17)/t8-/m0/s1. The van der Waals surface area contributed by atoms with Crippen LogP contribution in [0.5, 0.6) is 0 Å². The first-order valence-electron chi connectivity index (χ1n) is 4.87. The SMILES string of the molecule is Cc1ncccc1NC(=O)N[C@@H](CO)C(=O)O. The van der Waals surface area contributed by atoms with Crippen LogP contribution in [0.2, 0.25) is 0 Å². The molecular weight excluding hydrogens is 226 g/mol. The molecule has 1 atom stereocenters. The first-order valence-corrected chi connectivity index (χ1v) is 4.87. The Kier molecular flexibility index (Phi) is 4.41. The Balaban J connectivity index is 2.61. The molecule has 0 aliphatic heterocycles. The van der Waals surface area contributed by atoms with Crippen LogP contribution < -0.4 is 10.6 Å².